The molecule has 1 fully saturated rings. The highest BCUT2D eigenvalue weighted by molar-refractivity contribution is 6.08. The number of hydrogen-bond donors (Lipinski definition) is 1. The molecule has 0 bridgehead atoms. The van der Waals surface area contributed by atoms with Crippen molar-refractivity contribution >= 4 is 17.5 Å². The van der Waals surface area contributed by atoms with Crippen molar-refractivity contribution in [3.63, 3.8) is 0 Å². The lowest BCUT2D eigenvalue weighted by Crippen LogP contribution is -2.36. The fourth-order valence-corrected chi connectivity index (χ4v) is 3.68. The Morgan fingerprint density at radius 2 is 1.75 bits per heavy atom. The van der Waals surface area contributed by atoms with Crippen LogP contribution in [0, 0.1) is 5.92 Å². The summed E-state index contributed by atoms with van der Waals surface area (Å²) in [5.74, 6) is 1.10. The van der Waals surface area contributed by atoms with Gasteiger partial charge in [-0.05, 0) is 54.7 Å². The molecule has 1 saturated carbocycles. The predicted molar refractivity (Wildman–Crippen MR) is 106 cm³/mol. The number of amides is 2. The second-order valence-electron chi connectivity index (χ2n) is 7.26. The molecule has 0 spiro atoms. The second-order valence-corrected chi connectivity index (χ2v) is 7.26. The molecule has 2 aromatic carbocycles. The van der Waals surface area contributed by atoms with Gasteiger partial charge < -0.3 is 19.7 Å². The zero-order valence-corrected chi connectivity index (χ0v) is 16.2. The third-order valence-corrected chi connectivity index (χ3v) is 5.37. The fourth-order valence-electron chi connectivity index (χ4n) is 3.68. The Kier molecular flexibility index (Phi) is 4.94. The van der Waals surface area contributed by atoms with Gasteiger partial charge in [0.05, 0.1) is 14.2 Å². The number of benzene rings is 2. The van der Waals surface area contributed by atoms with E-state index in [2.05, 4.69) is 5.32 Å². The van der Waals surface area contributed by atoms with E-state index < -0.39 is 0 Å². The van der Waals surface area contributed by atoms with Crippen LogP contribution in [0.15, 0.2) is 36.4 Å². The van der Waals surface area contributed by atoms with Crippen LogP contribution in [-0.2, 0) is 17.8 Å². The Morgan fingerprint density at radius 3 is 2.39 bits per heavy atom. The highest BCUT2D eigenvalue weighted by Crippen LogP contribution is 2.33. The summed E-state index contributed by atoms with van der Waals surface area (Å²) in [6.45, 7) is 1.37. The number of ether oxygens (including phenoxy) is 2. The van der Waals surface area contributed by atoms with Crippen LogP contribution in [0.2, 0.25) is 0 Å². The van der Waals surface area contributed by atoms with Crippen LogP contribution in [0.25, 0.3) is 0 Å². The monoisotopic (exact) mass is 380 g/mol. The number of carbonyl (C=O) groups excluding carboxylic acids is 2. The molecule has 0 radical (unpaired) electrons. The van der Waals surface area contributed by atoms with Gasteiger partial charge in [-0.1, -0.05) is 12.1 Å². The van der Waals surface area contributed by atoms with Crippen LogP contribution in [0.3, 0.4) is 0 Å². The number of nitrogens with one attached hydrogen (secondary N) is 1. The zero-order chi connectivity index (χ0) is 19.7. The maximum absolute atomic E-state index is 12.9. The van der Waals surface area contributed by atoms with Gasteiger partial charge in [0.15, 0.2) is 0 Å². The largest absolute Gasteiger partial charge is 0.496 e. The first-order chi connectivity index (χ1) is 13.6. The standard InChI is InChI=1S/C22H24N2O4/c1-27-18-4-3-5-19(28-2)20(18)21(25)23-17-9-8-14-10-11-24(13-16(14)12-17)22(26)15-6-7-15/h3-5,8-9,12,15H,6-7,10-11,13H2,1-2H3,(H,23,25). The minimum atomic E-state index is -0.295. The van der Waals surface area contributed by atoms with Gasteiger partial charge in [0.25, 0.3) is 5.91 Å². The Balaban J connectivity index is 1.54. The van der Waals surface area contributed by atoms with Gasteiger partial charge in [-0.3, -0.25) is 9.59 Å². The molecule has 1 N–H and O–H groups in total. The number of fused-ring (bicyclic) bond motifs is 1. The Morgan fingerprint density at radius 1 is 1.04 bits per heavy atom. The van der Waals surface area contributed by atoms with Gasteiger partial charge in [-0.15, -0.1) is 0 Å². The molecule has 2 amide bonds. The zero-order valence-electron chi connectivity index (χ0n) is 16.2. The van der Waals surface area contributed by atoms with E-state index in [1.54, 1.807) is 18.2 Å². The third-order valence-electron chi connectivity index (χ3n) is 5.37. The first-order valence-electron chi connectivity index (χ1n) is 9.53. The summed E-state index contributed by atoms with van der Waals surface area (Å²) in [6, 6.07) is 11.1. The van der Waals surface area contributed by atoms with Crippen LogP contribution >= 0.6 is 0 Å². The number of nitrogens with zero attached hydrogens (tertiary/aromatic N) is 1. The molecule has 0 unspecified atom stereocenters. The average Bonchev–Trinajstić information content (AvgIpc) is 3.57. The molecule has 4 rings (SSSR count). The molecule has 146 valence electrons. The Bertz CT molecular complexity index is 898. The summed E-state index contributed by atoms with van der Waals surface area (Å²) in [5, 5.41) is 2.93. The van der Waals surface area contributed by atoms with Crippen LogP contribution < -0.4 is 14.8 Å². The van der Waals surface area contributed by atoms with Crippen molar-refractivity contribution < 1.29 is 19.1 Å². The molecular formula is C22H24N2O4. The summed E-state index contributed by atoms with van der Waals surface area (Å²) < 4.78 is 10.6. The van der Waals surface area contributed by atoms with Crippen molar-refractivity contribution in [3.05, 3.63) is 53.1 Å². The molecule has 6 heteroatoms. The minimum absolute atomic E-state index is 0.224. The number of carbonyl (C=O) groups is 2. The maximum Gasteiger partial charge on any atom is 0.263 e. The average molecular weight is 380 g/mol. The van der Waals surface area contributed by atoms with Crippen molar-refractivity contribution in [1.82, 2.24) is 4.90 Å². The first-order valence-corrected chi connectivity index (χ1v) is 9.53. The van der Waals surface area contributed by atoms with Crippen LogP contribution in [0.5, 0.6) is 11.5 Å². The van der Waals surface area contributed by atoms with E-state index in [0.717, 1.165) is 31.4 Å². The second kappa shape index (κ2) is 7.54. The van der Waals surface area contributed by atoms with E-state index in [0.29, 0.717) is 29.3 Å². The maximum atomic E-state index is 12.9. The van der Waals surface area contributed by atoms with Gasteiger partial charge in [0.1, 0.15) is 17.1 Å². The number of rotatable bonds is 5. The topological polar surface area (TPSA) is 67.9 Å². The SMILES string of the molecule is COc1cccc(OC)c1C(=O)Nc1ccc2c(c1)CN(C(=O)C1CC1)CC2. The van der Waals surface area contributed by atoms with Crippen LogP contribution in [0.4, 0.5) is 5.69 Å². The summed E-state index contributed by atoms with van der Waals surface area (Å²) >= 11 is 0. The van der Waals surface area contributed by atoms with E-state index >= 15 is 0 Å². The fraction of sp³-hybridized carbons (Fsp3) is 0.364. The quantitative estimate of drug-likeness (QED) is 0.865. The first kappa shape index (κ1) is 18.3. The van der Waals surface area contributed by atoms with Crippen molar-refractivity contribution in [2.45, 2.75) is 25.8 Å². The van der Waals surface area contributed by atoms with E-state index in [1.165, 1.54) is 19.8 Å². The minimum Gasteiger partial charge on any atom is -0.496 e. The number of methoxy groups -OCH3 is 2. The lowest BCUT2D eigenvalue weighted by molar-refractivity contribution is -0.133. The normalized spacial score (nSPS) is 15.6. The molecule has 2 aliphatic rings. The summed E-state index contributed by atoms with van der Waals surface area (Å²) in [6.07, 6.45) is 2.88. The molecule has 1 aliphatic heterocycles. The lowest BCUT2D eigenvalue weighted by Gasteiger charge is -2.29. The van der Waals surface area contributed by atoms with Crippen LogP contribution in [-0.4, -0.2) is 37.5 Å². The molecule has 0 aromatic heterocycles. The number of anilines is 1. The summed E-state index contributed by atoms with van der Waals surface area (Å²) in [4.78, 5) is 27.2. The smallest absolute Gasteiger partial charge is 0.263 e. The van der Waals surface area contributed by atoms with Crippen molar-refractivity contribution in [1.29, 1.82) is 0 Å². The van der Waals surface area contributed by atoms with E-state index in [9.17, 15) is 9.59 Å². The molecule has 6 nitrogen and oxygen atoms in total. The molecule has 2 aromatic rings. The summed E-state index contributed by atoms with van der Waals surface area (Å²) in [5.41, 5.74) is 3.37. The lowest BCUT2D eigenvalue weighted by atomic mass is 9.98. The Labute approximate surface area is 164 Å². The van der Waals surface area contributed by atoms with Crippen molar-refractivity contribution in [2.24, 2.45) is 5.92 Å². The molecular weight excluding hydrogens is 356 g/mol. The Hall–Kier alpha value is -3.02. The van der Waals surface area contributed by atoms with Gasteiger partial charge in [-0.2, -0.15) is 0 Å². The highest BCUT2D eigenvalue weighted by atomic mass is 16.5. The highest BCUT2D eigenvalue weighted by Gasteiger charge is 2.34. The number of hydrogen-bond acceptors (Lipinski definition) is 4. The third kappa shape index (κ3) is 3.54. The molecule has 28 heavy (non-hydrogen) atoms. The molecule has 1 heterocycles. The predicted octanol–water partition coefficient (Wildman–Crippen LogP) is 3.25. The van der Waals surface area contributed by atoms with Gasteiger partial charge in [0, 0.05) is 24.7 Å². The van der Waals surface area contributed by atoms with Gasteiger partial charge >= 0.3 is 0 Å². The summed E-state index contributed by atoms with van der Waals surface area (Å²) in [7, 11) is 3.05. The van der Waals surface area contributed by atoms with E-state index in [1.807, 2.05) is 23.1 Å². The van der Waals surface area contributed by atoms with Crippen LogP contribution in [0.1, 0.15) is 34.3 Å². The van der Waals surface area contributed by atoms with Crippen molar-refractivity contribution in [2.75, 3.05) is 26.1 Å². The molecule has 0 saturated heterocycles. The van der Waals surface area contributed by atoms with Gasteiger partial charge in [-0.25, -0.2) is 0 Å². The van der Waals surface area contributed by atoms with E-state index in [-0.39, 0.29) is 17.7 Å². The molecule has 1 aliphatic carbocycles. The van der Waals surface area contributed by atoms with E-state index in [4.69, 9.17) is 9.47 Å². The molecule has 0 atom stereocenters. The van der Waals surface area contributed by atoms with Gasteiger partial charge in [0.2, 0.25) is 5.91 Å². The van der Waals surface area contributed by atoms with Crippen molar-refractivity contribution in [3.8, 4) is 11.5 Å².